The molecule has 0 N–H and O–H groups in total. The molecule has 1 atom stereocenters. The first-order chi connectivity index (χ1) is 7.10. The Kier molecular flexibility index (Phi) is 3.55. The minimum Gasteiger partial charge on any atom is -0.405 e. The lowest BCUT2D eigenvalue weighted by atomic mass is 10.3. The van der Waals surface area contributed by atoms with E-state index < -0.39 is 5.97 Å². The molecule has 1 aliphatic heterocycles. The Morgan fingerprint density at radius 2 is 2.27 bits per heavy atom. The Balaban J connectivity index is 2.68. The first kappa shape index (κ1) is 11.4. The Labute approximate surface area is 90.1 Å². The van der Waals surface area contributed by atoms with E-state index >= 15 is 0 Å². The molecule has 4 heteroatoms. The average Bonchev–Trinajstić information content (AvgIpc) is 2.46. The van der Waals surface area contributed by atoms with Gasteiger partial charge in [0, 0.05) is 26.6 Å². The van der Waals surface area contributed by atoms with Gasteiger partial charge in [0.25, 0.3) is 0 Å². The second kappa shape index (κ2) is 4.68. The summed E-state index contributed by atoms with van der Waals surface area (Å²) >= 11 is 0. The molecule has 4 nitrogen and oxygen atoms in total. The van der Waals surface area contributed by atoms with Crippen molar-refractivity contribution in [1.82, 2.24) is 9.80 Å². The standard InChI is InChI=1S/C11H16N2O2/c1-5-7-9-12(3)8-10(13(9)4)15-11(14)6-2/h5-6,8-9H,1-2,7H2,3-4H3. The van der Waals surface area contributed by atoms with E-state index in [2.05, 4.69) is 13.2 Å². The van der Waals surface area contributed by atoms with Crippen molar-refractivity contribution in [3.05, 3.63) is 37.4 Å². The number of nitrogens with zero attached hydrogens (tertiary/aromatic N) is 2. The second-order valence-corrected chi connectivity index (χ2v) is 3.37. The van der Waals surface area contributed by atoms with Crippen molar-refractivity contribution in [2.24, 2.45) is 0 Å². The Hall–Kier alpha value is -1.71. The van der Waals surface area contributed by atoms with Crippen molar-refractivity contribution in [3.8, 4) is 0 Å². The molecule has 0 aliphatic carbocycles. The van der Waals surface area contributed by atoms with Crippen molar-refractivity contribution >= 4 is 5.97 Å². The molecule has 0 spiro atoms. The molecule has 1 rings (SSSR count). The summed E-state index contributed by atoms with van der Waals surface area (Å²) in [7, 11) is 3.80. The third-order valence-electron chi connectivity index (χ3n) is 2.33. The maximum Gasteiger partial charge on any atom is 0.336 e. The first-order valence-corrected chi connectivity index (χ1v) is 4.72. The quantitative estimate of drug-likeness (QED) is 0.396. The van der Waals surface area contributed by atoms with Gasteiger partial charge in [-0.3, -0.25) is 0 Å². The fourth-order valence-corrected chi connectivity index (χ4v) is 1.49. The van der Waals surface area contributed by atoms with E-state index in [1.165, 1.54) is 0 Å². The van der Waals surface area contributed by atoms with E-state index in [-0.39, 0.29) is 6.17 Å². The molecule has 0 saturated heterocycles. The predicted molar refractivity (Wildman–Crippen MR) is 58.5 cm³/mol. The highest BCUT2D eigenvalue weighted by Gasteiger charge is 2.27. The summed E-state index contributed by atoms with van der Waals surface area (Å²) in [6.45, 7) is 7.05. The van der Waals surface area contributed by atoms with Crippen LogP contribution in [0, 0.1) is 0 Å². The van der Waals surface area contributed by atoms with Crippen LogP contribution < -0.4 is 0 Å². The van der Waals surface area contributed by atoms with E-state index in [1.807, 2.05) is 30.0 Å². The highest BCUT2D eigenvalue weighted by molar-refractivity contribution is 5.82. The molecule has 0 aromatic heterocycles. The zero-order chi connectivity index (χ0) is 11.4. The van der Waals surface area contributed by atoms with Crippen LogP contribution in [0.3, 0.4) is 0 Å². The zero-order valence-electron chi connectivity index (χ0n) is 9.14. The summed E-state index contributed by atoms with van der Waals surface area (Å²) in [6.07, 6.45) is 5.74. The summed E-state index contributed by atoms with van der Waals surface area (Å²) < 4.78 is 5.07. The molecule has 0 bridgehead atoms. The van der Waals surface area contributed by atoms with Gasteiger partial charge in [0.1, 0.15) is 6.17 Å². The molecule has 0 aromatic rings. The van der Waals surface area contributed by atoms with Crippen molar-refractivity contribution in [1.29, 1.82) is 0 Å². The van der Waals surface area contributed by atoms with Gasteiger partial charge in [0.15, 0.2) is 0 Å². The molecule has 0 amide bonds. The second-order valence-electron chi connectivity index (χ2n) is 3.37. The fourth-order valence-electron chi connectivity index (χ4n) is 1.49. The summed E-state index contributed by atoms with van der Waals surface area (Å²) in [5, 5.41) is 0. The largest absolute Gasteiger partial charge is 0.405 e. The van der Waals surface area contributed by atoms with Crippen LogP contribution in [0.2, 0.25) is 0 Å². The molecular formula is C11H16N2O2. The van der Waals surface area contributed by atoms with Gasteiger partial charge in [-0.05, 0) is 0 Å². The molecule has 0 radical (unpaired) electrons. The molecular weight excluding hydrogens is 192 g/mol. The SMILES string of the molecule is C=CCC1N(C)C=C(OC(=O)C=C)N1C. The summed E-state index contributed by atoms with van der Waals surface area (Å²) in [5.41, 5.74) is 0. The third-order valence-corrected chi connectivity index (χ3v) is 2.33. The monoisotopic (exact) mass is 208 g/mol. The first-order valence-electron chi connectivity index (χ1n) is 4.72. The van der Waals surface area contributed by atoms with Crippen LogP contribution in [-0.4, -0.2) is 36.0 Å². The molecule has 1 aliphatic rings. The van der Waals surface area contributed by atoms with Crippen LogP contribution in [0.4, 0.5) is 0 Å². The highest BCUT2D eigenvalue weighted by atomic mass is 16.6. The van der Waals surface area contributed by atoms with Crippen LogP contribution in [0.5, 0.6) is 0 Å². The van der Waals surface area contributed by atoms with Crippen LogP contribution in [0.1, 0.15) is 6.42 Å². The van der Waals surface area contributed by atoms with Crippen molar-refractivity contribution in [2.75, 3.05) is 14.1 Å². The van der Waals surface area contributed by atoms with Crippen LogP contribution in [0.25, 0.3) is 0 Å². The van der Waals surface area contributed by atoms with Crippen LogP contribution >= 0.6 is 0 Å². The Bertz CT molecular complexity index is 310. The third kappa shape index (κ3) is 2.40. The van der Waals surface area contributed by atoms with Gasteiger partial charge in [-0.2, -0.15) is 0 Å². The topological polar surface area (TPSA) is 32.8 Å². The van der Waals surface area contributed by atoms with E-state index in [9.17, 15) is 4.79 Å². The number of ether oxygens (including phenoxy) is 1. The molecule has 82 valence electrons. The van der Waals surface area contributed by atoms with E-state index in [0.29, 0.717) is 5.88 Å². The van der Waals surface area contributed by atoms with Gasteiger partial charge in [-0.25, -0.2) is 4.79 Å². The van der Waals surface area contributed by atoms with Gasteiger partial charge in [0.2, 0.25) is 5.88 Å². The number of hydrogen-bond donors (Lipinski definition) is 0. The van der Waals surface area contributed by atoms with Crippen molar-refractivity contribution < 1.29 is 9.53 Å². The molecule has 0 aromatic carbocycles. The maximum atomic E-state index is 11.0. The highest BCUT2D eigenvalue weighted by Crippen LogP contribution is 2.22. The molecule has 15 heavy (non-hydrogen) atoms. The minimum absolute atomic E-state index is 0.162. The minimum atomic E-state index is -0.444. The van der Waals surface area contributed by atoms with E-state index in [1.54, 1.807) is 6.20 Å². The van der Waals surface area contributed by atoms with Gasteiger partial charge in [0.05, 0.1) is 6.20 Å². The van der Waals surface area contributed by atoms with Crippen molar-refractivity contribution in [3.63, 3.8) is 0 Å². The van der Waals surface area contributed by atoms with Crippen LogP contribution in [0.15, 0.2) is 37.4 Å². The predicted octanol–water partition coefficient (Wildman–Crippen LogP) is 1.29. The lowest BCUT2D eigenvalue weighted by Crippen LogP contribution is -2.35. The lowest BCUT2D eigenvalue weighted by molar-refractivity contribution is -0.136. The number of esters is 1. The summed E-state index contributed by atoms with van der Waals surface area (Å²) in [4.78, 5) is 14.9. The summed E-state index contributed by atoms with van der Waals surface area (Å²) in [6, 6.07) is 0. The van der Waals surface area contributed by atoms with Gasteiger partial charge in [-0.15, -0.1) is 6.58 Å². The summed E-state index contributed by atoms with van der Waals surface area (Å²) in [5.74, 6) is 0.0926. The van der Waals surface area contributed by atoms with Crippen LogP contribution in [-0.2, 0) is 9.53 Å². The number of carbonyl (C=O) groups excluding carboxylic acids is 1. The molecule has 0 fully saturated rings. The van der Waals surface area contributed by atoms with E-state index in [0.717, 1.165) is 12.5 Å². The van der Waals surface area contributed by atoms with Gasteiger partial charge < -0.3 is 14.5 Å². The Morgan fingerprint density at radius 1 is 1.60 bits per heavy atom. The lowest BCUT2D eigenvalue weighted by Gasteiger charge is -2.27. The number of rotatable bonds is 4. The van der Waals surface area contributed by atoms with Gasteiger partial charge in [-0.1, -0.05) is 12.7 Å². The van der Waals surface area contributed by atoms with Gasteiger partial charge >= 0.3 is 5.97 Å². The smallest absolute Gasteiger partial charge is 0.336 e. The van der Waals surface area contributed by atoms with Crippen molar-refractivity contribution in [2.45, 2.75) is 12.6 Å². The fraction of sp³-hybridized carbons (Fsp3) is 0.364. The molecule has 1 unspecified atom stereocenters. The molecule has 0 saturated carbocycles. The Morgan fingerprint density at radius 3 is 2.80 bits per heavy atom. The maximum absolute atomic E-state index is 11.0. The number of carbonyl (C=O) groups is 1. The van der Waals surface area contributed by atoms with E-state index in [4.69, 9.17) is 4.74 Å². The normalized spacial score (nSPS) is 19.9. The average molecular weight is 208 g/mol. The molecule has 1 heterocycles. The number of hydrogen-bond acceptors (Lipinski definition) is 4. The zero-order valence-corrected chi connectivity index (χ0v) is 9.14.